The summed E-state index contributed by atoms with van der Waals surface area (Å²) in [5.41, 5.74) is 2.16. The van der Waals surface area contributed by atoms with Crippen molar-refractivity contribution < 1.29 is 9.90 Å². The van der Waals surface area contributed by atoms with Crippen LogP contribution < -0.4 is 5.32 Å². The van der Waals surface area contributed by atoms with Crippen molar-refractivity contribution in [3.8, 4) is 0 Å². The Balaban J connectivity index is 1.62. The zero-order valence-electron chi connectivity index (χ0n) is 11.8. The van der Waals surface area contributed by atoms with Crippen molar-refractivity contribution in [1.82, 2.24) is 5.32 Å². The molecule has 1 fully saturated rings. The molecule has 0 heterocycles. The van der Waals surface area contributed by atoms with E-state index in [0.717, 1.165) is 12.0 Å². The topological polar surface area (TPSA) is 49.3 Å². The van der Waals surface area contributed by atoms with Gasteiger partial charge in [-0.15, -0.1) is 0 Å². The lowest BCUT2D eigenvalue weighted by molar-refractivity contribution is -0.123. The molecule has 3 atom stereocenters. The van der Waals surface area contributed by atoms with E-state index in [4.69, 9.17) is 0 Å². The van der Waals surface area contributed by atoms with E-state index in [1.807, 2.05) is 48.5 Å². The first kappa shape index (κ1) is 13.8. The first-order valence-electron chi connectivity index (χ1n) is 7.30. The maximum Gasteiger partial charge on any atom is 0.224 e. The average Bonchev–Trinajstić information content (AvgIpc) is 3.35. The summed E-state index contributed by atoms with van der Waals surface area (Å²) in [6.45, 7) is -0.0848. The van der Waals surface area contributed by atoms with Crippen LogP contribution in [0.2, 0.25) is 0 Å². The lowest BCUT2D eigenvalue weighted by Crippen LogP contribution is -2.32. The first-order valence-corrected chi connectivity index (χ1v) is 7.30. The summed E-state index contributed by atoms with van der Waals surface area (Å²) >= 11 is 0. The van der Waals surface area contributed by atoms with E-state index in [9.17, 15) is 9.90 Å². The van der Waals surface area contributed by atoms with Gasteiger partial charge in [0.1, 0.15) is 0 Å². The third kappa shape index (κ3) is 3.14. The number of nitrogens with one attached hydrogen (secondary N) is 1. The Kier molecular flexibility index (Phi) is 4.02. The van der Waals surface area contributed by atoms with Gasteiger partial charge < -0.3 is 10.4 Å². The van der Waals surface area contributed by atoms with Gasteiger partial charge in [0.25, 0.3) is 0 Å². The highest BCUT2D eigenvalue weighted by molar-refractivity contribution is 5.83. The number of aliphatic hydroxyl groups is 1. The average molecular weight is 281 g/mol. The molecule has 108 valence electrons. The van der Waals surface area contributed by atoms with Crippen molar-refractivity contribution >= 4 is 5.91 Å². The van der Waals surface area contributed by atoms with Crippen LogP contribution in [0.25, 0.3) is 0 Å². The molecule has 2 aromatic carbocycles. The first-order chi connectivity index (χ1) is 10.3. The molecule has 0 spiro atoms. The second-order valence-corrected chi connectivity index (χ2v) is 5.51. The Labute approximate surface area is 124 Å². The van der Waals surface area contributed by atoms with E-state index in [1.54, 1.807) is 0 Å². The monoisotopic (exact) mass is 281 g/mol. The summed E-state index contributed by atoms with van der Waals surface area (Å²) in [5.74, 6) is 0.387. The molecule has 1 aliphatic carbocycles. The normalized spacial score (nSPS) is 21.6. The van der Waals surface area contributed by atoms with Crippen molar-refractivity contribution in [3.05, 3.63) is 71.8 Å². The summed E-state index contributed by atoms with van der Waals surface area (Å²) in [6, 6.07) is 19.4. The number of carbonyl (C=O) groups excluding carboxylic acids is 1. The lowest BCUT2D eigenvalue weighted by Gasteiger charge is -2.16. The maximum absolute atomic E-state index is 12.3. The van der Waals surface area contributed by atoms with Crippen LogP contribution in [0.3, 0.4) is 0 Å². The third-order valence-corrected chi connectivity index (χ3v) is 4.06. The number of aliphatic hydroxyl groups excluding tert-OH is 1. The number of benzene rings is 2. The van der Waals surface area contributed by atoms with Gasteiger partial charge in [-0.1, -0.05) is 60.7 Å². The minimum absolute atomic E-state index is 0.0326. The van der Waals surface area contributed by atoms with Crippen molar-refractivity contribution in [1.29, 1.82) is 0 Å². The summed E-state index contributed by atoms with van der Waals surface area (Å²) in [4.78, 5) is 12.3. The fraction of sp³-hybridized carbons (Fsp3) is 0.278. The zero-order valence-corrected chi connectivity index (χ0v) is 11.8. The van der Waals surface area contributed by atoms with E-state index >= 15 is 0 Å². The minimum Gasteiger partial charge on any atom is -0.394 e. The van der Waals surface area contributed by atoms with Crippen molar-refractivity contribution in [2.45, 2.75) is 18.4 Å². The second kappa shape index (κ2) is 6.10. The molecule has 0 aromatic heterocycles. The van der Waals surface area contributed by atoms with Gasteiger partial charge in [0.2, 0.25) is 5.91 Å². The SMILES string of the molecule is O=C(N[C@@H](CO)c1ccccc1)[C@H]1C[C@@H]1c1ccccc1. The molecule has 3 heteroatoms. The molecule has 21 heavy (non-hydrogen) atoms. The van der Waals surface area contributed by atoms with Gasteiger partial charge >= 0.3 is 0 Å². The predicted octanol–water partition coefficient (Wildman–Crippen LogP) is 2.64. The molecule has 1 aliphatic rings. The Morgan fingerprint density at radius 3 is 2.33 bits per heavy atom. The fourth-order valence-electron chi connectivity index (χ4n) is 2.75. The summed E-state index contributed by atoms with van der Waals surface area (Å²) in [5, 5.41) is 12.5. The van der Waals surface area contributed by atoms with Crippen molar-refractivity contribution in [2.24, 2.45) is 5.92 Å². The molecule has 0 bridgehead atoms. The van der Waals surface area contributed by atoms with Gasteiger partial charge in [-0.3, -0.25) is 4.79 Å². The van der Waals surface area contributed by atoms with E-state index in [1.165, 1.54) is 5.56 Å². The van der Waals surface area contributed by atoms with E-state index in [-0.39, 0.29) is 24.5 Å². The Morgan fingerprint density at radius 2 is 1.71 bits per heavy atom. The highest BCUT2D eigenvalue weighted by Gasteiger charge is 2.44. The number of hydrogen-bond acceptors (Lipinski definition) is 2. The number of hydrogen-bond donors (Lipinski definition) is 2. The maximum atomic E-state index is 12.3. The van der Waals surface area contributed by atoms with Crippen LogP contribution in [-0.4, -0.2) is 17.6 Å². The standard InChI is InChI=1S/C18H19NO2/c20-12-17(14-9-5-2-6-10-14)19-18(21)16-11-15(16)13-7-3-1-4-8-13/h1-10,15-17,20H,11-12H2,(H,19,21)/t15-,16+,17+/m1/s1. The molecular formula is C18H19NO2. The molecule has 2 N–H and O–H groups in total. The van der Waals surface area contributed by atoms with Gasteiger partial charge in [0.05, 0.1) is 12.6 Å². The predicted molar refractivity (Wildman–Crippen MR) is 81.7 cm³/mol. The highest BCUT2D eigenvalue weighted by Crippen LogP contribution is 2.47. The second-order valence-electron chi connectivity index (χ2n) is 5.51. The summed E-state index contributed by atoms with van der Waals surface area (Å²) in [6.07, 6.45) is 0.892. The van der Waals surface area contributed by atoms with Gasteiger partial charge in [-0.2, -0.15) is 0 Å². The lowest BCUT2D eigenvalue weighted by atomic mass is 10.1. The Hall–Kier alpha value is -2.13. The van der Waals surface area contributed by atoms with Gasteiger partial charge in [0.15, 0.2) is 0 Å². The molecule has 0 unspecified atom stereocenters. The van der Waals surface area contributed by atoms with Crippen molar-refractivity contribution in [3.63, 3.8) is 0 Å². The Morgan fingerprint density at radius 1 is 1.10 bits per heavy atom. The molecule has 0 aliphatic heterocycles. The van der Waals surface area contributed by atoms with Gasteiger partial charge in [0, 0.05) is 5.92 Å². The third-order valence-electron chi connectivity index (χ3n) is 4.06. The van der Waals surface area contributed by atoms with Crippen LogP contribution in [0.4, 0.5) is 0 Å². The largest absolute Gasteiger partial charge is 0.394 e. The molecule has 1 amide bonds. The van der Waals surface area contributed by atoms with Crippen LogP contribution in [0.5, 0.6) is 0 Å². The van der Waals surface area contributed by atoms with Crippen LogP contribution in [-0.2, 0) is 4.79 Å². The van der Waals surface area contributed by atoms with Gasteiger partial charge in [-0.25, -0.2) is 0 Å². The zero-order chi connectivity index (χ0) is 14.7. The molecule has 1 saturated carbocycles. The highest BCUT2D eigenvalue weighted by atomic mass is 16.3. The fourth-order valence-corrected chi connectivity index (χ4v) is 2.75. The van der Waals surface area contributed by atoms with E-state index in [0.29, 0.717) is 5.92 Å². The molecular weight excluding hydrogens is 262 g/mol. The molecule has 0 radical (unpaired) electrons. The van der Waals surface area contributed by atoms with Crippen molar-refractivity contribution in [2.75, 3.05) is 6.61 Å². The summed E-state index contributed by atoms with van der Waals surface area (Å²) < 4.78 is 0. The van der Waals surface area contributed by atoms with E-state index < -0.39 is 0 Å². The van der Waals surface area contributed by atoms with Crippen LogP contribution in [0.15, 0.2) is 60.7 Å². The Bertz CT molecular complexity index is 597. The number of carbonyl (C=O) groups is 1. The molecule has 3 nitrogen and oxygen atoms in total. The number of rotatable bonds is 5. The molecule has 0 saturated heterocycles. The van der Waals surface area contributed by atoms with Crippen LogP contribution >= 0.6 is 0 Å². The summed E-state index contributed by atoms with van der Waals surface area (Å²) in [7, 11) is 0. The van der Waals surface area contributed by atoms with E-state index in [2.05, 4.69) is 17.4 Å². The van der Waals surface area contributed by atoms with Crippen LogP contribution in [0, 0.1) is 5.92 Å². The quantitative estimate of drug-likeness (QED) is 0.885. The van der Waals surface area contributed by atoms with Crippen LogP contribution in [0.1, 0.15) is 29.5 Å². The smallest absolute Gasteiger partial charge is 0.224 e. The number of amides is 1. The molecule has 2 aromatic rings. The minimum atomic E-state index is -0.323. The van der Waals surface area contributed by atoms with Gasteiger partial charge in [-0.05, 0) is 23.5 Å². The molecule has 3 rings (SSSR count).